The van der Waals surface area contributed by atoms with E-state index in [1.165, 1.54) is 44.3 Å². The molecule has 1 aromatic rings. The van der Waals surface area contributed by atoms with E-state index < -0.39 is 0 Å². The molecule has 2 heteroatoms. The Labute approximate surface area is 104 Å². The minimum atomic E-state index is 0.533. The van der Waals surface area contributed by atoms with Crippen molar-refractivity contribution in [2.45, 2.75) is 32.6 Å². The van der Waals surface area contributed by atoms with Gasteiger partial charge in [-0.25, -0.2) is 0 Å². The number of aryl methyl sites for hydroxylation is 1. The zero-order valence-corrected chi connectivity index (χ0v) is 11.0. The molecule has 1 saturated heterocycles. The van der Waals surface area contributed by atoms with Gasteiger partial charge in [0.15, 0.2) is 0 Å². The van der Waals surface area contributed by atoms with Crippen LogP contribution in [0, 0.1) is 5.41 Å². The summed E-state index contributed by atoms with van der Waals surface area (Å²) in [6.07, 6.45) is 5.09. The molecule has 0 bridgehead atoms. The Kier molecular flexibility index (Phi) is 4.06. The van der Waals surface area contributed by atoms with E-state index in [1.54, 1.807) is 7.11 Å². The van der Waals surface area contributed by atoms with Crippen LogP contribution in [0.4, 0.5) is 0 Å². The fraction of sp³-hybridized carbons (Fsp3) is 0.600. The van der Waals surface area contributed by atoms with Crippen molar-refractivity contribution in [3.8, 4) is 5.75 Å². The molecule has 0 aromatic heterocycles. The van der Waals surface area contributed by atoms with Crippen LogP contribution < -0.4 is 10.1 Å². The molecule has 1 heterocycles. The molecule has 0 aliphatic carbocycles. The Morgan fingerprint density at radius 2 is 1.82 bits per heavy atom. The second-order valence-corrected chi connectivity index (χ2v) is 5.41. The number of benzene rings is 1. The zero-order chi connectivity index (χ0) is 12.1. The zero-order valence-electron chi connectivity index (χ0n) is 11.0. The van der Waals surface area contributed by atoms with E-state index in [2.05, 4.69) is 36.5 Å². The summed E-state index contributed by atoms with van der Waals surface area (Å²) in [7, 11) is 1.71. The Balaban J connectivity index is 1.87. The van der Waals surface area contributed by atoms with Crippen molar-refractivity contribution < 1.29 is 4.74 Å². The third-order valence-corrected chi connectivity index (χ3v) is 3.99. The lowest BCUT2D eigenvalue weighted by molar-refractivity contribution is 0.212. The van der Waals surface area contributed by atoms with Crippen LogP contribution in [0.2, 0.25) is 0 Å². The van der Waals surface area contributed by atoms with Crippen LogP contribution in [0.1, 0.15) is 31.7 Å². The highest BCUT2D eigenvalue weighted by Crippen LogP contribution is 2.33. The number of piperidine rings is 1. The van der Waals surface area contributed by atoms with Gasteiger partial charge in [0.25, 0.3) is 0 Å². The molecule has 1 aromatic carbocycles. The monoisotopic (exact) mass is 233 g/mol. The first-order chi connectivity index (χ1) is 8.22. The molecule has 2 rings (SSSR count). The molecule has 94 valence electrons. The molecule has 1 N–H and O–H groups in total. The van der Waals surface area contributed by atoms with Gasteiger partial charge in [-0.1, -0.05) is 19.1 Å². The minimum absolute atomic E-state index is 0.533. The summed E-state index contributed by atoms with van der Waals surface area (Å²) in [5, 5.41) is 3.44. The van der Waals surface area contributed by atoms with Crippen molar-refractivity contribution in [3.63, 3.8) is 0 Å². The van der Waals surface area contributed by atoms with E-state index in [4.69, 9.17) is 4.74 Å². The van der Waals surface area contributed by atoms with Crippen LogP contribution in [0.5, 0.6) is 5.75 Å². The number of hydrogen-bond donors (Lipinski definition) is 1. The molecule has 0 spiro atoms. The maximum atomic E-state index is 5.18. The van der Waals surface area contributed by atoms with Crippen LogP contribution in [0.15, 0.2) is 24.3 Å². The van der Waals surface area contributed by atoms with Gasteiger partial charge in [0, 0.05) is 0 Å². The van der Waals surface area contributed by atoms with Crippen molar-refractivity contribution in [3.05, 3.63) is 29.8 Å². The first-order valence-corrected chi connectivity index (χ1v) is 6.56. The molecule has 0 amide bonds. The van der Waals surface area contributed by atoms with E-state index in [0.717, 1.165) is 5.75 Å². The molecule has 2 nitrogen and oxygen atoms in total. The summed E-state index contributed by atoms with van der Waals surface area (Å²) in [5.74, 6) is 0.946. The summed E-state index contributed by atoms with van der Waals surface area (Å²) >= 11 is 0. The summed E-state index contributed by atoms with van der Waals surface area (Å²) in [4.78, 5) is 0. The normalized spacial score (nSPS) is 18.9. The average molecular weight is 233 g/mol. The highest BCUT2D eigenvalue weighted by atomic mass is 16.5. The number of rotatable bonds is 4. The topological polar surface area (TPSA) is 21.3 Å². The van der Waals surface area contributed by atoms with Crippen molar-refractivity contribution in [2.75, 3.05) is 20.2 Å². The standard InChI is InChI=1S/C15H23NO/c1-15(9-11-16-12-10-15)8-7-13-3-5-14(17-2)6-4-13/h3-6,16H,7-12H2,1-2H3. The highest BCUT2D eigenvalue weighted by molar-refractivity contribution is 5.27. The lowest BCUT2D eigenvalue weighted by atomic mass is 9.76. The van der Waals surface area contributed by atoms with E-state index in [9.17, 15) is 0 Å². The quantitative estimate of drug-likeness (QED) is 0.863. The molecule has 1 aliphatic rings. The van der Waals surface area contributed by atoms with Crippen LogP contribution in [0.3, 0.4) is 0 Å². The third-order valence-electron chi connectivity index (χ3n) is 3.99. The van der Waals surface area contributed by atoms with Gasteiger partial charge < -0.3 is 10.1 Å². The average Bonchev–Trinajstić information content (AvgIpc) is 2.38. The van der Waals surface area contributed by atoms with Gasteiger partial charge >= 0.3 is 0 Å². The maximum Gasteiger partial charge on any atom is 0.118 e. The van der Waals surface area contributed by atoms with E-state index in [1.807, 2.05) is 0 Å². The number of nitrogens with one attached hydrogen (secondary N) is 1. The molecule has 0 radical (unpaired) electrons. The summed E-state index contributed by atoms with van der Waals surface area (Å²) < 4.78 is 5.18. The number of methoxy groups -OCH3 is 1. The van der Waals surface area contributed by atoms with Crippen LogP contribution in [-0.4, -0.2) is 20.2 Å². The van der Waals surface area contributed by atoms with Gasteiger partial charge in [-0.3, -0.25) is 0 Å². The summed E-state index contributed by atoms with van der Waals surface area (Å²) in [5.41, 5.74) is 1.95. The van der Waals surface area contributed by atoms with Crippen molar-refractivity contribution >= 4 is 0 Å². The second-order valence-electron chi connectivity index (χ2n) is 5.41. The molecule has 0 atom stereocenters. The second kappa shape index (κ2) is 5.54. The predicted molar refractivity (Wildman–Crippen MR) is 71.5 cm³/mol. The first kappa shape index (κ1) is 12.4. The largest absolute Gasteiger partial charge is 0.497 e. The predicted octanol–water partition coefficient (Wildman–Crippen LogP) is 3.02. The molecule has 1 fully saturated rings. The number of hydrogen-bond acceptors (Lipinski definition) is 2. The van der Waals surface area contributed by atoms with Gasteiger partial charge in [-0.15, -0.1) is 0 Å². The Morgan fingerprint density at radius 1 is 1.18 bits per heavy atom. The van der Waals surface area contributed by atoms with Gasteiger partial charge in [0.05, 0.1) is 7.11 Å². The Hall–Kier alpha value is -1.02. The number of ether oxygens (including phenoxy) is 1. The SMILES string of the molecule is COc1ccc(CCC2(C)CCNCC2)cc1. The van der Waals surface area contributed by atoms with Crippen molar-refractivity contribution in [1.29, 1.82) is 0 Å². The fourth-order valence-electron chi connectivity index (χ4n) is 2.52. The minimum Gasteiger partial charge on any atom is -0.497 e. The molecule has 0 saturated carbocycles. The molecule has 17 heavy (non-hydrogen) atoms. The lowest BCUT2D eigenvalue weighted by Crippen LogP contribution is -2.34. The summed E-state index contributed by atoms with van der Waals surface area (Å²) in [6.45, 7) is 4.79. The van der Waals surface area contributed by atoms with Crippen LogP contribution in [-0.2, 0) is 6.42 Å². The Bertz CT molecular complexity index is 338. The van der Waals surface area contributed by atoms with E-state index in [0.29, 0.717) is 5.41 Å². The van der Waals surface area contributed by atoms with Gasteiger partial charge in [-0.05, 0) is 61.9 Å². The molecular weight excluding hydrogens is 210 g/mol. The Morgan fingerprint density at radius 3 is 2.41 bits per heavy atom. The highest BCUT2D eigenvalue weighted by Gasteiger charge is 2.25. The first-order valence-electron chi connectivity index (χ1n) is 6.56. The molecular formula is C15H23NO. The van der Waals surface area contributed by atoms with Crippen molar-refractivity contribution in [2.24, 2.45) is 5.41 Å². The van der Waals surface area contributed by atoms with Crippen molar-refractivity contribution in [1.82, 2.24) is 5.32 Å². The fourth-order valence-corrected chi connectivity index (χ4v) is 2.52. The lowest BCUT2D eigenvalue weighted by Gasteiger charge is -2.34. The van der Waals surface area contributed by atoms with E-state index >= 15 is 0 Å². The third kappa shape index (κ3) is 3.47. The van der Waals surface area contributed by atoms with Gasteiger partial charge in [-0.2, -0.15) is 0 Å². The maximum absolute atomic E-state index is 5.18. The summed E-state index contributed by atoms with van der Waals surface area (Å²) in [6, 6.07) is 8.48. The van der Waals surface area contributed by atoms with Crippen LogP contribution in [0.25, 0.3) is 0 Å². The molecule has 1 aliphatic heterocycles. The van der Waals surface area contributed by atoms with Gasteiger partial charge in [0.1, 0.15) is 5.75 Å². The smallest absolute Gasteiger partial charge is 0.118 e. The molecule has 0 unspecified atom stereocenters. The van der Waals surface area contributed by atoms with Gasteiger partial charge in [0.2, 0.25) is 0 Å². The van der Waals surface area contributed by atoms with Crippen LogP contribution >= 0.6 is 0 Å². The van der Waals surface area contributed by atoms with E-state index in [-0.39, 0.29) is 0 Å².